The van der Waals surface area contributed by atoms with E-state index in [4.69, 9.17) is 5.73 Å². The van der Waals surface area contributed by atoms with Gasteiger partial charge in [-0.05, 0) is 39.8 Å². The third kappa shape index (κ3) is 3.28. The van der Waals surface area contributed by atoms with Gasteiger partial charge in [-0.15, -0.1) is 0 Å². The second kappa shape index (κ2) is 7.34. The largest absolute Gasteiger partial charge is 0.369 e. The zero-order valence-corrected chi connectivity index (χ0v) is 16.6. The highest BCUT2D eigenvalue weighted by Crippen LogP contribution is 2.23. The maximum Gasteiger partial charge on any atom is 0.332 e. The maximum atomic E-state index is 12.8. The highest BCUT2D eigenvalue weighted by atomic mass is 16.2. The molecule has 0 saturated carbocycles. The molecule has 28 heavy (non-hydrogen) atoms. The minimum absolute atomic E-state index is 0.108. The summed E-state index contributed by atoms with van der Waals surface area (Å²) in [6, 6.07) is -0.589. The Balaban J connectivity index is 2.08. The van der Waals surface area contributed by atoms with Gasteiger partial charge in [0.15, 0.2) is 16.9 Å². The van der Waals surface area contributed by atoms with E-state index in [2.05, 4.69) is 9.88 Å². The Hall–Kier alpha value is -2.75. The number of Topliss-reactive ketones (excluding diaryl/α,β-unsaturated/α-hetero) is 1. The average molecular weight is 390 g/mol. The van der Waals surface area contributed by atoms with Gasteiger partial charge in [-0.3, -0.25) is 28.4 Å². The third-order valence-corrected chi connectivity index (χ3v) is 5.70. The van der Waals surface area contributed by atoms with E-state index in [0.717, 1.165) is 4.57 Å². The van der Waals surface area contributed by atoms with Crippen LogP contribution in [0.1, 0.15) is 38.6 Å². The van der Waals surface area contributed by atoms with Crippen molar-refractivity contribution in [3.63, 3.8) is 0 Å². The fourth-order valence-electron chi connectivity index (χ4n) is 3.75. The summed E-state index contributed by atoms with van der Waals surface area (Å²) in [6.45, 7) is 4.93. The normalized spacial score (nSPS) is 17.1. The van der Waals surface area contributed by atoms with Crippen molar-refractivity contribution in [1.29, 1.82) is 0 Å². The Morgan fingerprint density at radius 1 is 1.18 bits per heavy atom. The summed E-state index contributed by atoms with van der Waals surface area (Å²) in [4.78, 5) is 55.2. The summed E-state index contributed by atoms with van der Waals surface area (Å²) < 4.78 is 3.98. The van der Waals surface area contributed by atoms with Gasteiger partial charge in [-0.25, -0.2) is 9.78 Å². The lowest BCUT2D eigenvalue weighted by molar-refractivity contribution is -0.123. The van der Waals surface area contributed by atoms with Crippen LogP contribution in [0.4, 0.5) is 0 Å². The lowest BCUT2D eigenvalue weighted by Crippen LogP contribution is -2.39. The maximum absolute atomic E-state index is 12.8. The van der Waals surface area contributed by atoms with Gasteiger partial charge in [-0.2, -0.15) is 0 Å². The number of amides is 1. The van der Waals surface area contributed by atoms with Crippen molar-refractivity contribution >= 4 is 22.9 Å². The van der Waals surface area contributed by atoms with E-state index in [1.165, 1.54) is 18.5 Å². The molecule has 2 N–H and O–H groups in total. The number of nitrogens with two attached hydrogens (primary N) is 1. The number of hydrogen-bond acceptors (Lipinski definition) is 6. The van der Waals surface area contributed by atoms with Crippen LogP contribution in [-0.4, -0.2) is 48.4 Å². The van der Waals surface area contributed by atoms with Crippen LogP contribution in [-0.2, 0) is 30.2 Å². The first-order chi connectivity index (χ1) is 13.1. The van der Waals surface area contributed by atoms with E-state index in [-0.39, 0.29) is 28.8 Å². The molecule has 0 aromatic carbocycles. The van der Waals surface area contributed by atoms with Crippen LogP contribution in [0, 0.1) is 5.92 Å². The molecule has 1 saturated heterocycles. The number of likely N-dealkylation sites (tertiary alicyclic amines) is 1. The molecule has 1 atom stereocenters. The number of carbonyl (C=O) groups is 2. The molecule has 3 heterocycles. The fraction of sp³-hybridized carbons (Fsp3) is 0.611. The predicted octanol–water partition coefficient (Wildman–Crippen LogP) is -0.719. The van der Waals surface area contributed by atoms with Gasteiger partial charge in [0.1, 0.15) is 5.82 Å². The number of nitrogens with zero attached hydrogens (tertiary/aromatic N) is 5. The Morgan fingerprint density at radius 2 is 1.79 bits per heavy atom. The van der Waals surface area contributed by atoms with Crippen LogP contribution in [0.3, 0.4) is 0 Å². The molecule has 0 spiro atoms. The van der Waals surface area contributed by atoms with Gasteiger partial charge in [0, 0.05) is 20.0 Å². The molecule has 152 valence electrons. The number of fused-ring (bicyclic) bond motifs is 1. The number of imidazole rings is 1. The summed E-state index contributed by atoms with van der Waals surface area (Å²) in [7, 11) is 2.97. The van der Waals surface area contributed by atoms with E-state index in [0.29, 0.717) is 38.3 Å². The number of ketones is 1. The Labute approximate surface area is 161 Å². The molecule has 1 aliphatic rings. The van der Waals surface area contributed by atoms with Gasteiger partial charge >= 0.3 is 5.69 Å². The number of carbonyl (C=O) groups excluding carboxylic acids is 2. The van der Waals surface area contributed by atoms with E-state index >= 15 is 0 Å². The molecule has 2 aromatic heterocycles. The third-order valence-electron chi connectivity index (χ3n) is 5.70. The zero-order chi connectivity index (χ0) is 20.7. The van der Waals surface area contributed by atoms with Crippen LogP contribution < -0.4 is 17.0 Å². The molecule has 10 heteroatoms. The van der Waals surface area contributed by atoms with Crippen molar-refractivity contribution in [3.8, 4) is 0 Å². The Kier molecular flexibility index (Phi) is 5.24. The topological polar surface area (TPSA) is 125 Å². The first-order valence-corrected chi connectivity index (χ1v) is 9.32. The monoisotopic (exact) mass is 390 g/mol. The molecule has 0 unspecified atom stereocenters. The number of rotatable bonds is 5. The van der Waals surface area contributed by atoms with Gasteiger partial charge in [-0.1, -0.05) is 0 Å². The summed E-state index contributed by atoms with van der Waals surface area (Å²) in [5.41, 5.74) is 4.96. The Bertz CT molecular complexity index is 1050. The second-order valence-electron chi connectivity index (χ2n) is 7.52. The summed E-state index contributed by atoms with van der Waals surface area (Å²) >= 11 is 0. The smallest absolute Gasteiger partial charge is 0.332 e. The summed E-state index contributed by atoms with van der Waals surface area (Å²) in [5, 5.41) is 0. The quantitative estimate of drug-likeness (QED) is 0.718. The van der Waals surface area contributed by atoms with E-state index in [1.807, 2.05) is 0 Å². The van der Waals surface area contributed by atoms with Crippen molar-refractivity contribution in [1.82, 2.24) is 23.6 Å². The van der Waals surface area contributed by atoms with Gasteiger partial charge < -0.3 is 10.3 Å². The zero-order valence-electron chi connectivity index (χ0n) is 16.6. The molecule has 0 aliphatic carbocycles. The first kappa shape index (κ1) is 20.0. The van der Waals surface area contributed by atoms with E-state index in [9.17, 15) is 19.2 Å². The van der Waals surface area contributed by atoms with Crippen molar-refractivity contribution in [2.45, 2.75) is 39.3 Å². The van der Waals surface area contributed by atoms with Crippen molar-refractivity contribution < 1.29 is 9.59 Å². The molecule has 2 aromatic rings. The van der Waals surface area contributed by atoms with Crippen LogP contribution in [0.25, 0.3) is 11.2 Å². The summed E-state index contributed by atoms with van der Waals surface area (Å²) in [6.07, 6.45) is 1.33. The molecular weight excluding hydrogens is 364 g/mol. The van der Waals surface area contributed by atoms with Gasteiger partial charge in [0.05, 0.1) is 12.6 Å². The molecule has 1 fully saturated rings. The van der Waals surface area contributed by atoms with E-state index < -0.39 is 17.3 Å². The fourth-order valence-corrected chi connectivity index (χ4v) is 3.75. The van der Waals surface area contributed by atoms with Crippen LogP contribution >= 0.6 is 0 Å². The standard InChI is InChI=1S/C18H26N6O4/c1-10(11(2)25)24-13(9-23-7-5-12(6-8-23)15(19)26)20-16-14(24)17(27)22(4)18(28)21(16)3/h10,12H,5-9H2,1-4H3,(H2,19,26)/t10-/m1/s1. The van der Waals surface area contributed by atoms with Crippen molar-refractivity contribution in [3.05, 3.63) is 26.7 Å². The Morgan fingerprint density at radius 3 is 2.32 bits per heavy atom. The van der Waals surface area contributed by atoms with Crippen LogP contribution in [0.15, 0.2) is 9.59 Å². The minimum atomic E-state index is -0.589. The highest BCUT2D eigenvalue weighted by Gasteiger charge is 2.28. The average Bonchev–Trinajstić information content (AvgIpc) is 3.03. The molecule has 0 bridgehead atoms. The predicted molar refractivity (Wildman–Crippen MR) is 103 cm³/mol. The first-order valence-electron chi connectivity index (χ1n) is 9.32. The molecular formula is C18H26N6O4. The number of aryl methyl sites for hydroxylation is 1. The molecule has 10 nitrogen and oxygen atoms in total. The highest BCUT2D eigenvalue weighted by molar-refractivity contribution is 5.82. The van der Waals surface area contributed by atoms with Crippen molar-refractivity contribution in [2.24, 2.45) is 25.7 Å². The number of aromatic nitrogens is 4. The van der Waals surface area contributed by atoms with Gasteiger partial charge in [0.2, 0.25) is 5.91 Å². The van der Waals surface area contributed by atoms with Crippen LogP contribution in [0.2, 0.25) is 0 Å². The van der Waals surface area contributed by atoms with E-state index in [1.54, 1.807) is 18.5 Å². The van der Waals surface area contributed by atoms with Crippen LogP contribution in [0.5, 0.6) is 0 Å². The van der Waals surface area contributed by atoms with Gasteiger partial charge in [0.25, 0.3) is 5.56 Å². The minimum Gasteiger partial charge on any atom is -0.369 e. The second-order valence-corrected chi connectivity index (χ2v) is 7.52. The molecule has 0 radical (unpaired) electrons. The summed E-state index contributed by atoms with van der Waals surface area (Å²) in [5.74, 6) is 0.0346. The number of piperidine rings is 1. The molecule has 1 amide bonds. The number of primary amides is 1. The lowest BCUT2D eigenvalue weighted by atomic mass is 9.96. The number of hydrogen-bond donors (Lipinski definition) is 1. The SMILES string of the molecule is CC(=O)[C@@H](C)n1c(CN2CCC(C(N)=O)CC2)nc2c1c(=O)n(C)c(=O)n2C. The van der Waals surface area contributed by atoms with Crippen molar-refractivity contribution in [2.75, 3.05) is 13.1 Å². The molecule has 3 rings (SSSR count). The molecule has 1 aliphatic heterocycles. The lowest BCUT2D eigenvalue weighted by Gasteiger charge is -2.30.